The quantitative estimate of drug-likeness (QED) is 0.692. The number of carbonyl (C=O) groups is 2. The number of hydrogen-bond acceptors (Lipinski definition) is 5. The van der Waals surface area contributed by atoms with Crippen molar-refractivity contribution in [3.63, 3.8) is 0 Å². The second kappa shape index (κ2) is 7.62. The van der Waals surface area contributed by atoms with Gasteiger partial charge in [0.25, 0.3) is 5.91 Å². The fourth-order valence-corrected chi connectivity index (χ4v) is 4.24. The second-order valence-corrected chi connectivity index (χ2v) is 7.64. The van der Waals surface area contributed by atoms with Crippen LogP contribution >= 0.6 is 22.9 Å². The maximum atomic E-state index is 12.6. The van der Waals surface area contributed by atoms with Crippen LogP contribution in [-0.2, 0) is 4.79 Å². The Morgan fingerprint density at radius 3 is 2.59 bits per heavy atom. The molecule has 2 heterocycles. The van der Waals surface area contributed by atoms with Gasteiger partial charge in [0.2, 0.25) is 5.91 Å². The van der Waals surface area contributed by atoms with Crippen molar-refractivity contribution < 1.29 is 9.59 Å². The molecule has 0 fully saturated rings. The van der Waals surface area contributed by atoms with Crippen molar-refractivity contribution in [2.45, 2.75) is 27.7 Å². The van der Waals surface area contributed by atoms with Gasteiger partial charge >= 0.3 is 0 Å². The first kappa shape index (κ1) is 19.3. The highest BCUT2D eigenvalue weighted by atomic mass is 35.5. The number of amides is 2. The predicted octanol–water partition coefficient (Wildman–Crippen LogP) is 3.95. The predicted molar refractivity (Wildman–Crippen MR) is 109 cm³/mol. The lowest BCUT2D eigenvalue weighted by atomic mass is 10.1. The van der Waals surface area contributed by atoms with E-state index < -0.39 is 0 Å². The molecular formula is C19H19ClN4O2S. The average Bonchev–Trinajstić information content (AvgIpc) is 2.93. The lowest BCUT2D eigenvalue weighted by molar-refractivity contribution is -0.115. The van der Waals surface area contributed by atoms with Gasteiger partial charge in [-0.2, -0.15) is 0 Å². The first-order chi connectivity index (χ1) is 12.8. The fourth-order valence-electron chi connectivity index (χ4n) is 2.87. The molecule has 0 atom stereocenters. The molecule has 0 unspecified atom stereocenters. The average molecular weight is 403 g/mol. The van der Waals surface area contributed by atoms with Gasteiger partial charge in [-0.3, -0.25) is 9.59 Å². The van der Waals surface area contributed by atoms with Crippen LogP contribution in [0.4, 0.5) is 5.69 Å². The molecule has 6 nitrogen and oxygen atoms in total. The number of anilines is 1. The van der Waals surface area contributed by atoms with Crippen LogP contribution in [0.3, 0.4) is 0 Å². The zero-order valence-electron chi connectivity index (χ0n) is 15.4. The summed E-state index contributed by atoms with van der Waals surface area (Å²) in [5.41, 5.74) is 3.08. The van der Waals surface area contributed by atoms with Crippen molar-refractivity contribution in [2.24, 2.45) is 0 Å². The summed E-state index contributed by atoms with van der Waals surface area (Å²) in [6.45, 7) is 7.28. The Kier molecular flexibility index (Phi) is 5.43. The largest absolute Gasteiger partial charge is 0.342 e. The molecule has 1 aromatic carbocycles. The Labute approximate surface area is 166 Å². The maximum Gasteiger partial charge on any atom is 0.262 e. The number of carbonyl (C=O) groups excluding carboxylic acids is 2. The number of nitrogens with one attached hydrogen (secondary N) is 2. The number of halogens is 1. The SMILES string of the molecule is Cc1nc(C)c2c(C)c(C(=O)NCC(=O)Nc3cccc(Cl)c3C)sc2n1. The minimum Gasteiger partial charge on any atom is -0.342 e. The van der Waals surface area contributed by atoms with Gasteiger partial charge in [0.05, 0.1) is 11.4 Å². The fraction of sp³-hybridized carbons (Fsp3) is 0.263. The number of hydrogen-bond donors (Lipinski definition) is 2. The molecule has 0 aliphatic heterocycles. The van der Waals surface area contributed by atoms with Gasteiger partial charge in [-0.1, -0.05) is 17.7 Å². The van der Waals surface area contributed by atoms with E-state index in [0.717, 1.165) is 27.0 Å². The van der Waals surface area contributed by atoms with Crippen LogP contribution in [0.2, 0.25) is 5.02 Å². The number of nitrogens with zero attached hydrogens (tertiary/aromatic N) is 2. The summed E-state index contributed by atoms with van der Waals surface area (Å²) in [5, 5.41) is 6.90. The summed E-state index contributed by atoms with van der Waals surface area (Å²) in [4.78, 5) is 34.8. The zero-order valence-corrected chi connectivity index (χ0v) is 17.0. The van der Waals surface area contributed by atoms with Gasteiger partial charge < -0.3 is 10.6 Å². The molecule has 140 valence electrons. The maximum absolute atomic E-state index is 12.6. The summed E-state index contributed by atoms with van der Waals surface area (Å²) >= 11 is 7.36. The molecule has 0 saturated carbocycles. The first-order valence-corrected chi connectivity index (χ1v) is 9.55. The van der Waals surface area contributed by atoms with E-state index in [1.165, 1.54) is 11.3 Å². The molecule has 2 N–H and O–H groups in total. The van der Waals surface area contributed by atoms with Crippen LogP contribution in [-0.4, -0.2) is 28.3 Å². The minimum absolute atomic E-state index is 0.137. The van der Waals surface area contributed by atoms with Gasteiger partial charge in [0, 0.05) is 21.8 Å². The van der Waals surface area contributed by atoms with E-state index in [-0.39, 0.29) is 18.4 Å². The third-order valence-electron chi connectivity index (χ3n) is 4.24. The van der Waals surface area contributed by atoms with E-state index in [2.05, 4.69) is 20.6 Å². The third kappa shape index (κ3) is 3.94. The summed E-state index contributed by atoms with van der Waals surface area (Å²) < 4.78 is 0. The third-order valence-corrected chi connectivity index (χ3v) is 5.83. The van der Waals surface area contributed by atoms with Crippen molar-refractivity contribution in [3.05, 3.63) is 50.7 Å². The molecule has 0 spiro atoms. The first-order valence-electron chi connectivity index (χ1n) is 8.35. The lowest BCUT2D eigenvalue weighted by Crippen LogP contribution is -2.32. The number of aromatic nitrogens is 2. The Morgan fingerprint density at radius 2 is 1.85 bits per heavy atom. The summed E-state index contributed by atoms with van der Waals surface area (Å²) in [6.07, 6.45) is 0. The molecule has 27 heavy (non-hydrogen) atoms. The van der Waals surface area contributed by atoms with Crippen molar-refractivity contribution >= 4 is 50.7 Å². The molecule has 3 aromatic rings. The molecule has 8 heteroatoms. The Hall–Kier alpha value is -2.51. The van der Waals surface area contributed by atoms with Crippen molar-refractivity contribution in [3.8, 4) is 0 Å². The highest BCUT2D eigenvalue weighted by molar-refractivity contribution is 7.20. The van der Waals surface area contributed by atoms with Crippen LogP contribution < -0.4 is 10.6 Å². The van der Waals surface area contributed by atoms with E-state index in [9.17, 15) is 9.59 Å². The minimum atomic E-state index is -0.320. The van der Waals surface area contributed by atoms with Crippen molar-refractivity contribution in [1.29, 1.82) is 0 Å². The van der Waals surface area contributed by atoms with Crippen LogP contribution in [0.1, 0.15) is 32.3 Å². The smallest absolute Gasteiger partial charge is 0.262 e. The van der Waals surface area contributed by atoms with E-state index in [1.807, 2.05) is 27.7 Å². The van der Waals surface area contributed by atoms with E-state index >= 15 is 0 Å². The number of fused-ring (bicyclic) bond motifs is 1. The number of benzene rings is 1. The molecule has 0 aliphatic rings. The molecule has 0 saturated heterocycles. The molecule has 0 aliphatic carbocycles. The van der Waals surface area contributed by atoms with Crippen LogP contribution in [0.15, 0.2) is 18.2 Å². The molecule has 0 radical (unpaired) electrons. The van der Waals surface area contributed by atoms with E-state index in [0.29, 0.717) is 21.4 Å². The molecule has 2 aromatic heterocycles. The summed E-state index contributed by atoms with van der Waals surface area (Å²) in [5.74, 6) is 0.0503. The van der Waals surface area contributed by atoms with Gasteiger partial charge in [-0.05, 0) is 51.0 Å². The normalized spacial score (nSPS) is 10.9. The Balaban J connectivity index is 1.72. The summed E-state index contributed by atoms with van der Waals surface area (Å²) in [6, 6.07) is 5.28. The zero-order chi connectivity index (χ0) is 19.7. The van der Waals surface area contributed by atoms with Gasteiger partial charge in [-0.25, -0.2) is 9.97 Å². The van der Waals surface area contributed by atoms with Gasteiger partial charge in [0.15, 0.2) is 0 Å². The van der Waals surface area contributed by atoms with Crippen LogP contribution in [0.25, 0.3) is 10.2 Å². The monoisotopic (exact) mass is 402 g/mol. The Bertz CT molecular complexity index is 1060. The molecule has 3 rings (SSSR count). The van der Waals surface area contributed by atoms with Crippen LogP contribution in [0.5, 0.6) is 0 Å². The van der Waals surface area contributed by atoms with E-state index in [1.54, 1.807) is 18.2 Å². The van der Waals surface area contributed by atoms with Crippen molar-refractivity contribution in [2.75, 3.05) is 11.9 Å². The molecule has 0 bridgehead atoms. The Morgan fingerprint density at radius 1 is 1.11 bits per heavy atom. The van der Waals surface area contributed by atoms with E-state index in [4.69, 9.17) is 11.6 Å². The number of thiophene rings is 1. The molecular weight excluding hydrogens is 384 g/mol. The van der Waals surface area contributed by atoms with Crippen molar-refractivity contribution in [1.82, 2.24) is 15.3 Å². The number of aryl methyl sites for hydroxylation is 3. The van der Waals surface area contributed by atoms with Crippen LogP contribution in [0, 0.1) is 27.7 Å². The standard InChI is InChI=1S/C19H19ClN4O2S/c1-9-13(20)6-5-7-14(9)24-15(25)8-21-18(26)17-10(2)16-11(3)22-12(4)23-19(16)27-17/h5-7H,8H2,1-4H3,(H,21,26)(H,24,25). The highest BCUT2D eigenvalue weighted by Gasteiger charge is 2.19. The van der Waals surface area contributed by atoms with Gasteiger partial charge in [0.1, 0.15) is 10.7 Å². The molecule has 2 amide bonds. The summed E-state index contributed by atoms with van der Waals surface area (Å²) in [7, 11) is 0. The lowest BCUT2D eigenvalue weighted by Gasteiger charge is -2.10. The number of rotatable bonds is 4. The highest BCUT2D eigenvalue weighted by Crippen LogP contribution is 2.31. The van der Waals surface area contributed by atoms with Gasteiger partial charge in [-0.15, -0.1) is 11.3 Å². The topological polar surface area (TPSA) is 84.0 Å². The second-order valence-electron chi connectivity index (χ2n) is 6.24.